The molecule has 22 heavy (non-hydrogen) atoms. The van der Waals surface area contributed by atoms with Crippen LogP contribution < -0.4 is 10.2 Å². The molecular formula is C16H14BrFN2O2. The first-order valence-corrected chi connectivity index (χ1v) is 7.30. The van der Waals surface area contributed by atoms with Gasteiger partial charge in [0, 0.05) is 4.47 Å². The average molecular weight is 365 g/mol. The number of carbonyl (C=O) groups is 1. The first kappa shape index (κ1) is 16.2. The number of aryl methyl sites for hydroxylation is 1. The Labute approximate surface area is 136 Å². The normalized spacial score (nSPS) is 10.7. The second kappa shape index (κ2) is 7.70. The largest absolute Gasteiger partial charge is 0.484 e. The average Bonchev–Trinajstić information content (AvgIpc) is 2.50. The number of carbonyl (C=O) groups excluding carboxylic acids is 1. The van der Waals surface area contributed by atoms with E-state index in [-0.39, 0.29) is 18.3 Å². The van der Waals surface area contributed by atoms with E-state index in [0.717, 1.165) is 10.0 Å². The van der Waals surface area contributed by atoms with E-state index in [1.54, 1.807) is 18.2 Å². The Balaban J connectivity index is 1.80. The van der Waals surface area contributed by atoms with Crippen LogP contribution in [0.3, 0.4) is 0 Å². The highest BCUT2D eigenvalue weighted by atomic mass is 79.9. The molecule has 0 aromatic heterocycles. The molecule has 0 heterocycles. The number of nitrogens with zero attached hydrogens (tertiary/aromatic N) is 1. The molecule has 1 N–H and O–H groups in total. The number of hydrogen-bond acceptors (Lipinski definition) is 3. The predicted molar refractivity (Wildman–Crippen MR) is 86.5 cm³/mol. The van der Waals surface area contributed by atoms with Gasteiger partial charge in [0.25, 0.3) is 5.91 Å². The molecule has 0 aliphatic heterocycles. The molecule has 0 atom stereocenters. The fourth-order valence-corrected chi connectivity index (χ4v) is 1.86. The Hall–Kier alpha value is -2.21. The van der Waals surface area contributed by atoms with Gasteiger partial charge in [0.05, 0.1) is 6.21 Å². The molecule has 2 rings (SSSR count). The minimum absolute atomic E-state index is 0.137. The molecule has 0 saturated heterocycles. The van der Waals surface area contributed by atoms with Crippen LogP contribution >= 0.6 is 15.9 Å². The lowest BCUT2D eigenvalue weighted by Gasteiger charge is -2.06. The number of benzene rings is 2. The summed E-state index contributed by atoms with van der Waals surface area (Å²) in [5.41, 5.74) is 4.05. The topological polar surface area (TPSA) is 50.7 Å². The highest BCUT2D eigenvalue weighted by molar-refractivity contribution is 9.10. The zero-order valence-electron chi connectivity index (χ0n) is 11.8. The zero-order valence-corrected chi connectivity index (χ0v) is 13.4. The van der Waals surface area contributed by atoms with Crippen molar-refractivity contribution in [3.63, 3.8) is 0 Å². The van der Waals surface area contributed by atoms with Crippen molar-refractivity contribution in [3.8, 4) is 5.75 Å². The smallest absolute Gasteiger partial charge is 0.277 e. The minimum Gasteiger partial charge on any atom is -0.484 e. The number of halogens is 2. The standard InChI is InChI=1S/C16H14BrFN2O2/c1-11-8-14(6-7-15(11)17)22-10-16(21)20-19-9-12-2-4-13(18)5-3-12/h2-9H,10H2,1H3,(H,20,21)/b19-9-. The van der Waals surface area contributed by atoms with E-state index >= 15 is 0 Å². The summed E-state index contributed by atoms with van der Waals surface area (Å²) in [4.78, 5) is 11.6. The number of rotatable bonds is 5. The van der Waals surface area contributed by atoms with Crippen molar-refractivity contribution in [1.82, 2.24) is 5.43 Å². The summed E-state index contributed by atoms with van der Waals surface area (Å²) in [5, 5.41) is 3.78. The highest BCUT2D eigenvalue weighted by Crippen LogP contribution is 2.21. The summed E-state index contributed by atoms with van der Waals surface area (Å²) in [7, 11) is 0. The lowest BCUT2D eigenvalue weighted by Crippen LogP contribution is -2.24. The lowest BCUT2D eigenvalue weighted by atomic mass is 10.2. The summed E-state index contributed by atoms with van der Waals surface area (Å²) in [6, 6.07) is 11.2. The quantitative estimate of drug-likeness (QED) is 0.652. The maximum absolute atomic E-state index is 12.7. The van der Waals surface area contributed by atoms with E-state index in [2.05, 4.69) is 26.5 Å². The molecule has 0 bridgehead atoms. The minimum atomic E-state index is -0.376. The molecule has 6 heteroatoms. The fourth-order valence-electron chi connectivity index (χ4n) is 1.62. The second-order valence-electron chi connectivity index (χ2n) is 4.54. The molecule has 4 nitrogen and oxygen atoms in total. The molecule has 0 aliphatic rings. The Morgan fingerprint density at radius 1 is 1.32 bits per heavy atom. The van der Waals surface area contributed by atoms with Crippen LogP contribution in [0, 0.1) is 12.7 Å². The summed E-state index contributed by atoms with van der Waals surface area (Å²) in [5.74, 6) is -0.0864. The van der Waals surface area contributed by atoms with Crippen LogP contribution in [0.4, 0.5) is 4.39 Å². The molecule has 0 fully saturated rings. The summed E-state index contributed by atoms with van der Waals surface area (Å²) in [6.07, 6.45) is 1.43. The number of hydrazone groups is 1. The van der Waals surface area contributed by atoms with E-state index in [0.29, 0.717) is 11.3 Å². The number of hydrogen-bond donors (Lipinski definition) is 1. The van der Waals surface area contributed by atoms with Crippen LogP contribution in [0.5, 0.6) is 5.75 Å². The van der Waals surface area contributed by atoms with Gasteiger partial charge >= 0.3 is 0 Å². The van der Waals surface area contributed by atoms with Gasteiger partial charge in [-0.1, -0.05) is 28.1 Å². The molecule has 2 aromatic rings. The molecule has 0 saturated carbocycles. The van der Waals surface area contributed by atoms with Crippen LogP contribution in [0.15, 0.2) is 52.0 Å². The van der Waals surface area contributed by atoms with Crippen molar-refractivity contribution in [1.29, 1.82) is 0 Å². The van der Waals surface area contributed by atoms with Gasteiger partial charge in [-0.25, -0.2) is 9.82 Å². The summed E-state index contributed by atoms with van der Waals surface area (Å²) in [6.45, 7) is 1.80. The van der Waals surface area contributed by atoms with Gasteiger partial charge in [-0.3, -0.25) is 4.79 Å². The Morgan fingerprint density at radius 3 is 2.73 bits per heavy atom. The SMILES string of the molecule is Cc1cc(OCC(=O)N/N=C\c2ccc(F)cc2)ccc1Br. The van der Waals surface area contributed by atoms with Gasteiger partial charge in [0.1, 0.15) is 11.6 Å². The van der Waals surface area contributed by atoms with Crippen molar-refractivity contribution < 1.29 is 13.9 Å². The molecular weight excluding hydrogens is 351 g/mol. The monoisotopic (exact) mass is 364 g/mol. The van der Waals surface area contributed by atoms with Crippen molar-refractivity contribution in [2.45, 2.75) is 6.92 Å². The molecule has 0 aliphatic carbocycles. The van der Waals surface area contributed by atoms with Crippen LogP contribution in [-0.2, 0) is 4.79 Å². The Morgan fingerprint density at radius 2 is 2.05 bits per heavy atom. The highest BCUT2D eigenvalue weighted by Gasteiger charge is 2.03. The molecule has 2 aromatic carbocycles. The van der Waals surface area contributed by atoms with Gasteiger partial charge in [0.15, 0.2) is 6.61 Å². The van der Waals surface area contributed by atoms with Crippen LogP contribution in [0.2, 0.25) is 0 Å². The number of amides is 1. The molecule has 0 spiro atoms. The van der Waals surface area contributed by atoms with Crippen LogP contribution in [0.25, 0.3) is 0 Å². The van der Waals surface area contributed by atoms with Crippen molar-refractivity contribution >= 4 is 28.1 Å². The lowest BCUT2D eigenvalue weighted by molar-refractivity contribution is -0.123. The molecule has 0 unspecified atom stereocenters. The van der Waals surface area contributed by atoms with Gasteiger partial charge < -0.3 is 4.74 Å². The van der Waals surface area contributed by atoms with Gasteiger partial charge in [-0.15, -0.1) is 0 Å². The second-order valence-corrected chi connectivity index (χ2v) is 5.40. The van der Waals surface area contributed by atoms with E-state index in [1.807, 2.05) is 19.1 Å². The van der Waals surface area contributed by atoms with Crippen molar-refractivity contribution in [2.24, 2.45) is 5.10 Å². The fraction of sp³-hybridized carbons (Fsp3) is 0.125. The number of nitrogens with one attached hydrogen (secondary N) is 1. The summed E-state index contributed by atoms with van der Waals surface area (Å²) < 4.78 is 19.1. The van der Waals surface area contributed by atoms with Gasteiger partial charge in [-0.05, 0) is 48.4 Å². The third-order valence-electron chi connectivity index (χ3n) is 2.77. The van der Waals surface area contributed by atoms with Crippen molar-refractivity contribution in [2.75, 3.05) is 6.61 Å². The van der Waals surface area contributed by atoms with Gasteiger partial charge in [0.2, 0.25) is 0 Å². The molecule has 1 amide bonds. The summed E-state index contributed by atoms with van der Waals surface area (Å²) >= 11 is 3.39. The van der Waals surface area contributed by atoms with E-state index < -0.39 is 0 Å². The maximum atomic E-state index is 12.7. The Bertz CT molecular complexity index is 687. The third kappa shape index (κ3) is 4.96. The van der Waals surface area contributed by atoms with Crippen molar-refractivity contribution in [3.05, 3.63) is 63.9 Å². The van der Waals surface area contributed by atoms with Crippen LogP contribution in [0.1, 0.15) is 11.1 Å². The van der Waals surface area contributed by atoms with E-state index in [4.69, 9.17) is 4.74 Å². The van der Waals surface area contributed by atoms with E-state index in [1.165, 1.54) is 18.3 Å². The molecule has 114 valence electrons. The van der Waals surface area contributed by atoms with E-state index in [9.17, 15) is 9.18 Å². The maximum Gasteiger partial charge on any atom is 0.277 e. The third-order valence-corrected chi connectivity index (χ3v) is 3.66. The Kier molecular flexibility index (Phi) is 5.66. The predicted octanol–water partition coefficient (Wildman–Crippen LogP) is 3.43. The van der Waals surface area contributed by atoms with Gasteiger partial charge in [-0.2, -0.15) is 5.10 Å². The molecule has 0 radical (unpaired) electrons. The van der Waals surface area contributed by atoms with Crippen LogP contribution in [-0.4, -0.2) is 18.7 Å². The first-order valence-electron chi connectivity index (χ1n) is 6.51. The number of ether oxygens (including phenoxy) is 1. The zero-order chi connectivity index (χ0) is 15.9. The first-order chi connectivity index (χ1) is 10.5.